The van der Waals surface area contributed by atoms with Crippen LogP contribution in [0.15, 0.2) is 10.7 Å². The SMILES string of the molecule is N#Cc1cc(I)c(Br)nc1C(F)F. The summed E-state index contributed by atoms with van der Waals surface area (Å²) in [5, 5.41) is 8.54. The van der Waals surface area contributed by atoms with Gasteiger partial charge in [-0.25, -0.2) is 13.8 Å². The molecule has 0 aliphatic carbocycles. The molecule has 0 radical (unpaired) electrons. The molecule has 6 heteroatoms. The Balaban J connectivity index is 3.35. The average Bonchev–Trinajstić information content (AvgIpc) is 2.08. The molecule has 0 saturated carbocycles. The van der Waals surface area contributed by atoms with E-state index in [-0.39, 0.29) is 5.56 Å². The fourth-order valence-electron chi connectivity index (χ4n) is 0.735. The molecule has 0 N–H and O–H groups in total. The fraction of sp³-hybridized carbons (Fsp3) is 0.143. The standard InChI is InChI=1S/C7H2BrF2IN2/c8-6-4(11)1-3(2-12)5(13-6)7(9)10/h1,7H. The molecular formula is C7H2BrF2IN2. The van der Waals surface area contributed by atoms with Crippen molar-refractivity contribution in [1.29, 1.82) is 5.26 Å². The van der Waals surface area contributed by atoms with Crippen molar-refractivity contribution in [2.75, 3.05) is 0 Å². The molecule has 0 saturated heterocycles. The van der Waals surface area contributed by atoms with E-state index in [1.807, 2.05) is 22.6 Å². The molecule has 0 aliphatic rings. The Labute approximate surface area is 95.2 Å². The zero-order valence-corrected chi connectivity index (χ0v) is 9.80. The molecule has 0 aliphatic heterocycles. The van der Waals surface area contributed by atoms with Gasteiger partial charge in [-0.1, -0.05) is 0 Å². The van der Waals surface area contributed by atoms with E-state index in [2.05, 4.69) is 20.9 Å². The lowest BCUT2D eigenvalue weighted by atomic mass is 10.2. The molecule has 0 fully saturated rings. The summed E-state index contributed by atoms with van der Waals surface area (Å²) in [6, 6.07) is 3.05. The number of rotatable bonds is 1. The molecule has 0 bridgehead atoms. The van der Waals surface area contributed by atoms with Gasteiger partial charge in [-0.2, -0.15) is 5.26 Å². The van der Waals surface area contributed by atoms with E-state index >= 15 is 0 Å². The summed E-state index contributed by atoms with van der Waals surface area (Å²) in [6.45, 7) is 0. The molecule has 0 atom stereocenters. The summed E-state index contributed by atoms with van der Waals surface area (Å²) in [5.74, 6) is 0. The highest BCUT2D eigenvalue weighted by atomic mass is 127. The van der Waals surface area contributed by atoms with Crippen molar-refractivity contribution in [2.45, 2.75) is 6.43 Å². The normalized spacial score (nSPS) is 10.2. The van der Waals surface area contributed by atoms with Gasteiger partial charge in [-0.05, 0) is 44.6 Å². The van der Waals surface area contributed by atoms with Crippen LogP contribution in [-0.2, 0) is 0 Å². The molecule has 13 heavy (non-hydrogen) atoms. The van der Waals surface area contributed by atoms with Crippen molar-refractivity contribution in [3.05, 3.63) is 25.5 Å². The van der Waals surface area contributed by atoms with Crippen LogP contribution in [0, 0.1) is 14.9 Å². The third kappa shape index (κ3) is 2.34. The van der Waals surface area contributed by atoms with Gasteiger partial charge in [0.25, 0.3) is 6.43 Å². The number of nitriles is 1. The van der Waals surface area contributed by atoms with E-state index in [1.165, 1.54) is 6.07 Å². The first-order valence-electron chi connectivity index (χ1n) is 3.10. The number of pyridine rings is 1. The Morgan fingerprint density at radius 2 is 2.23 bits per heavy atom. The van der Waals surface area contributed by atoms with Crippen LogP contribution < -0.4 is 0 Å². The second-order valence-corrected chi connectivity index (χ2v) is 4.02. The second-order valence-electron chi connectivity index (χ2n) is 2.11. The van der Waals surface area contributed by atoms with Gasteiger partial charge >= 0.3 is 0 Å². The summed E-state index contributed by atoms with van der Waals surface area (Å²) in [5.41, 5.74) is -0.558. The Kier molecular flexibility index (Phi) is 3.55. The molecule has 1 heterocycles. The lowest BCUT2D eigenvalue weighted by Gasteiger charge is -2.03. The number of hydrogen-bond acceptors (Lipinski definition) is 2. The monoisotopic (exact) mass is 358 g/mol. The summed E-state index contributed by atoms with van der Waals surface area (Å²) in [7, 11) is 0. The predicted octanol–water partition coefficient (Wildman–Crippen LogP) is 3.26. The molecule has 1 aromatic heterocycles. The number of nitrogens with zero attached hydrogens (tertiary/aromatic N) is 2. The Morgan fingerprint density at radius 3 is 2.69 bits per heavy atom. The largest absolute Gasteiger partial charge is 0.281 e. The van der Waals surface area contributed by atoms with Crippen LogP contribution >= 0.6 is 38.5 Å². The summed E-state index contributed by atoms with van der Waals surface area (Å²) < 4.78 is 25.6. The van der Waals surface area contributed by atoms with Gasteiger partial charge in [-0.15, -0.1) is 0 Å². The highest BCUT2D eigenvalue weighted by molar-refractivity contribution is 14.1. The van der Waals surface area contributed by atoms with Crippen molar-refractivity contribution >= 4 is 38.5 Å². The van der Waals surface area contributed by atoms with Gasteiger partial charge in [0.15, 0.2) is 0 Å². The first-order chi connectivity index (χ1) is 6.06. The molecule has 1 rings (SSSR count). The predicted molar refractivity (Wildman–Crippen MR) is 54.3 cm³/mol. The number of aromatic nitrogens is 1. The van der Waals surface area contributed by atoms with Crippen LogP contribution in [0.3, 0.4) is 0 Å². The highest BCUT2D eigenvalue weighted by Crippen LogP contribution is 2.26. The number of alkyl halides is 2. The maximum Gasteiger partial charge on any atom is 0.281 e. The van der Waals surface area contributed by atoms with Crippen LogP contribution in [0.5, 0.6) is 0 Å². The Bertz CT molecular complexity index is 375. The van der Waals surface area contributed by atoms with Crippen LogP contribution in [0.4, 0.5) is 8.78 Å². The van der Waals surface area contributed by atoms with Crippen molar-refractivity contribution in [1.82, 2.24) is 4.98 Å². The zero-order chi connectivity index (χ0) is 10.0. The Hall–Kier alpha value is -0.290. The molecule has 1 aromatic rings. The van der Waals surface area contributed by atoms with Gasteiger partial charge < -0.3 is 0 Å². The van der Waals surface area contributed by atoms with Crippen molar-refractivity contribution in [3.63, 3.8) is 0 Å². The second kappa shape index (κ2) is 4.28. The molecule has 2 nitrogen and oxygen atoms in total. The van der Waals surface area contributed by atoms with E-state index in [0.717, 1.165) is 0 Å². The first kappa shape index (κ1) is 10.8. The quantitative estimate of drug-likeness (QED) is 0.570. The highest BCUT2D eigenvalue weighted by Gasteiger charge is 2.16. The van der Waals surface area contributed by atoms with Gasteiger partial charge in [0.1, 0.15) is 16.4 Å². The van der Waals surface area contributed by atoms with Crippen molar-refractivity contribution in [3.8, 4) is 6.07 Å². The molecule has 0 unspecified atom stereocenters. The minimum atomic E-state index is -2.72. The van der Waals surface area contributed by atoms with E-state index in [4.69, 9.17) is 5.26 Å². The van der Waals surface area contributed by atoms with E-state index < -0.39 is 12.1 Å². The lowest BCUT2D eigenvalue weighted by molar-refractivity contribution is 0.145. The summed E-state index contributed by atoms with van der Waals surface area (Å²) in [6.07, 6.45) is -2.72. The van der Waals surface area contributed by atoms with E-state index in [9.17, 15) is 8.78 Å². The van der Waals surface area contributed by atoms with Crippen LogP contribution in [-0.4, -0.2) is 4.98 Å². The van der Waals surface area contributed by atoms with E-state index in [1.54, 1.807) is 6.07 Å². The van der Waals surface area contributed by atoms with Gasteiger partial charge in [0, 0.05) is 3.57 Å². The summed E-state index contributed by atoms with van der Waals surface area (Å²) >= 11 is 4.92. The molecule has 0 spiro atoms. The third-order valence-electron chi connectivity index (χ3n) is 1.29. The molecular weight excluding hydrogens is 357 g/mol. The van der Waals surface area contributed by atoms with Gasteiger partial charge in [-0.3, -0.25) is 0 Å². The Morgan fingerprint density at radius 1 is 1.62 bits per heavy atom. The van der Waals surface area contributed by atoms with Crippen LogP contribution in [0.1, 0.15) is 17.7 Å². The van der Waals surface area contributed by atoms with E-state index in [0.29, 0.717) is 8.17 Å². The van der Waals surface area contributed by atoms with Crippen molar-refractivity contribution < 1.29 is 8.78 Å². The van der Waals surface area contributed by atoms with Crippen LogP contribution in [0.2, 0.25) is 0 Å². The molecule has 68 valence electrons. The smallest absolute Gasteiger partial charge is 0.237 e. The zero-order valence-electron chi connectivity index (χ0n) is 6.06. The molecule has 0 aromatic carbocycles. The minimum absolute atomic E-state index is 0.0809. The molecule has 0 amide bonds. The van der Waals surface area contributed by atoms with Crippen LogP contribution in [0.25, 0.3) is 0 Å². The van der Waals surface area contributed by atoms with Crippen molar-refractivity contribution in [2.24, 2.45) is 0 Å². The summed E-state index contributed by atoms with van der Waals surface area (Å²) in [4.78, 5) is 3.58. The van der Waals surface area contributed by atoms with Gasteiger partial charge in [0.2, 0.25) is 0 Å². The maximum atomic E-state index is 12.3. The fourth-order valence-corrected chi connectivity index (χ4v) is 1.47. The van der Waals surface area contributed by atoms with Gasteiger partial charge in [0.05, 0.1) is 5.56 Å². The maximum absolute atomic E-state index is 12.3. The average molecular weight is 359 g/mol. The topological polar surface area (TPSA) is 36.7 Å². The first-order valence-corrected chi connectivity index (χ1v) is 4.97. The third-order valence-corrected chi connectivity index (χ3v) is 3.46. The number of hydrogen-bond donors (Lipinski definition) is 0. The minimum Gasteiger partial charge on any atom is -0.237 e. The number of halogens is 4. The lowest BCUT2D eigenvalue weighted by Crippen LogP contribution is -1.97.